The number of hydrogen-bond donors (Lipinski definition) is 2. The van der Waals surface area contributed by atoms with Crippen LogP contribution in [-0.4, -0.2) is 28.5 Å². The van der Waals surface area contributed by atoms with Crippen LogP contribution in [0, 0.1) is 10.1 Å². The standard InChI is InChI=1S/C15H10Cl2N2O6/c16-9-4-10(17)6-11(5-9)18-14(20)7-25-13-3-8(15(21)22)1-2-12(13)19(23)24/h1-6H,7H2,(H,18,20)(H,21,22). The number of aromatic carboxylic acids is 1. The summed E-state index contributed by atoms with van der Waals surface area (Å²) in [6.07, 6.45) is 0. The minimum atomic E-state index is -1.28. The SMILES string of the molecule is O=C(COc1cc(C(=O)O)ccc1[N+](=O)[O-])Nc1cc(Cl)cc(Cl)c1. The van der Waals surface area contributed by atoms with E-state index < -0.39 is 29.1 Å². The largest absolute Gasteiger partial charge is 0.478 e. The molecular weight excluding hydrogens is 375 g/mol. The van der Waals surface area contributed by atoms with Crippen molar-refractivity contribution in [1.82, 2.24) is 0 Å². The van der Waals surface area contributed by atoms with Gasteiger partial charge in [-0.3, -0.25) is 14.9 Å². The van der Waals surface area contributed by atoms with Crippen LogP contribution in [0.25, 0.3) is 0 Å². The fourth-order valence-electron chi connectivity index (χ4n) is 1.88. The average molecular weight is 385 g/mol. The molecule has 25 heavy (non-hydrogen) atoms. The molecule has 0 aliphatic rings. The number of nitrogens with one attached hydrogen (secondary N) is 1. The maximum Gasteiger partial charge on any atom is 0.335 e. The lowest BCUT2D eigenvalue weighted by molar-refractivity contribution is -0.385. The van der Waals surface area contributed by atoms with Crippen LogP contribution in [0.4, 0.5) is 11.4 Å². The van der Waals surface area contributed by atoms with Crippen molar-refractivity contribution in [2.75, 3.05) is 11.9 Å². The van der Waals surface area contributed by atoms with E-state index in [2.05, 4.69) is 5.32 Å². The van der Waals surface area contributed by atoms with Gasteiger partial charge < -0.3 is 15.2 Å². The predicted octanol–water partition coefficient (Wildman–Crippen LogP) is 3.62. The molecule has 2 rings (SSSR count). The highest BCUT2D eigenvalue weighted by molar-refractivity contribution is 6.35. The van der Waals surface area contributed by atoms with Crippen molar-refractivity contribution in [2.24, 2.45) is 0 Å². The highest BCUT2D eigenvalue weighted by Gasteiger charge is 2.19. The molecule has 0 aliphatic heterocycles. The number of nitro groups is 1. The van der Waals surface area contributed by atoms with E-state index in [0.717, 1.165) is 18.2 Å². The molecule has 10 heteroatoms. The van der Waals surface area contributed by atoms with Crippen molar-refractivity contribution >= 4 is 46.5 Å². The van der Waals surface area contributed by atoms with Crippen LogP contribution in [0.2, 0.25) is 10.0 Å². The van der Waals surface area contributed by atoms with Crippen molar-refractivity contribution in [3.63, 3.8) is 0 Å². The number of amides is 1. The molecule has 0 unspecified atom stereocenters. The molecule has 0 heterocycles. The molecule has 2 aromatic carbocycles. The molecular formula is C15H10Cl2N2O6. The zero-order valence-electron chi connectivity index (χ0n) is 12.4. The number of ether oxygens (including phenoxy) is 1. The molecule has 0 spiro atoms. The number of nitro benzene ring substituents is 1. The molecule has 1 amide bonds. The Morgan fingerprint density at radius 2 is 1.80 bits per heavy atom. The van der Waals surface area contributed by atoms with Crippen LogP contribution in [0.5, 0.6) is 5.75 Å². The quantitative estimate of drug-likeness (QED) is 0.579. The molecule has 8 nitrogen and oxygen atoms in total. The summed E-state index contributed by atoms with van der Waals surface area (Å²) in [5, 5.41) is 23.0. The second kappa shape index (κ2) is 7.82. The first-order valence-electron chi connectivity index (χ1n) is 6.67. The van der Waals surface area contributed by atoms with Gasteiger partial charge in [-0.2, -0.15) is 0 Å². The lowest BCUT2D eigenvalue weighted by Crippen LogP contribution is -2.20. The van der Waals surface area contributed by atoms with E-state index in [0.29, 0.717) is 15.7 Å². The van der Waals surface area contributed by atoms with Gasteiger partial charge in [0.15, 0.2) is 12.4 Å². The monoisotopic (exact) mass is 384 g/mol. The van der Waals surface area contributed by atoms with Gasteiger partial charge in [-0.25, -0.2) is 4.79 Å². The van der Waals surface area contributed by atoms with Gasteiger partial charge in [0.2, 0.25) is 0 Å². The van der Waals surface area contributed by atoms with Crippen molar-refractivity contribution < 1.29 is 24.4 Å². The van der Waals surface area contributed by atoms with Crippen LogP contribution in [0.15, 0.2) is 36.4 Å². The molecule has 0 saturated heterocycles. The normalized spacial score (nSPS) is 10.2. The number of carbonyl (C=O) groups excluding carboxylic acids is 1. The maximum absolute atomic E-state index is 11.9. The van der Waals surface area contributed by atoms with E-state index >= 15 is 0 Å². The van der Waals surface area contributed by atoms with Gasteiger partial charge in [0.05, 0.1) is 10.5 Å². The van der Waals surface area contributed by atoms with Crippen LogP contribution in [0.1, 0.15) is 10.4 Å². The molecule has 130 valence electrons. The fourth-order valence-corrected chi connectivity index (χ4v) is 2.41. The number of carboxylic acids is 1. The number of carbonyl (C=O) groups is 2. The van der Waals surface area contributed by atoms with Gasteiger partial charge in [0.1, 0.15) is 0 Å². The summed E-state index contributed by atoms with van der Waals surface area (Å²) in [4.78, 5) is 33.1. The smallest absolute Gasteiger partial charge is 0.335 e. The highest BCUT2D eigenvalue weighted by atomic mass is 35.5. The first-order valence-corrected chi connectivity index (χ1v) is 7.42. The predicted molar refractivity (Wildman–Crippen MR) is 90.6 cm³/mol. The molecule has 2 aromatic rings. The third-order valence-corrected chi connectivity index (χ3v) is 3.34. The van der Waals surface area contributed by atoms with E-state index in [9.17, 15) is 19.7 Å². The van der Waals surface area contributed by atoms with Crippen molar-refractivity contribution in [3.05, 3.63) is 62.1 Å². The average Bonchev–Trinajstić information content (AvgIpc) is 2.51. The number of nitrogens with zero attached hydrogens (tertiary/aromatic N) is 1. The lowest BCUT2D eigenvalue weighted by atomic mass is 10.2. The van der Waals surface area contributed by atoms with Crippen LogP contribution in [-0.2, 0) is 4.79 Å². The Balaban J connectivity index is 2.11. The number of rotatable bonds is 6. The van der Waals surface area contributed by atoms with Crippen LogP contribution in [0.3, 0.4) is 0 Å². The molecule has 0 saturated carbocycles. The van der Waals surface area contributed by atoms with E-state index in [4.69, 9.17) is 33.0 Å². The Labute approximate surface area is 151 Å². The van der Waals surface area contributed by atoms with Gasteiger partial charge in [-0.1, -0.05) is 23.2 Å². The minimum absolute atomic E-state index is 0.206. The summed E-state index contributed by atoms with van der Waals surface area (Å²) in [6, 6.07) is 7.44. The van der Waals surface area contributed by atoms with Crippen LogP contribution >= 0.6 is 23.2 Å². The zero-order valence-corrected chi connectivity index (χ0v) is 13.9. The van der Waals surface area contributed by atoms with Gasteiger partial charge in [-0.05, 0) is 24.3 Å². The van der Waals surface area contributed by atoms with Gasteiger partial charge in [-0.15, -0.1) is 0 Å². The lowest BCUT2D eigenvalue weighted by Gasteiger charge is -2.09. The second-order valence-electron chi connectivity index (χ2n) is 4.74. The zero-order chi connectivity index (χ0) is 18.6. The van der Waals surface area contributed by atoms with Gasteiger partial charge in [0, 0.05) is 27.9 Å². The van der Waals surface area contributed by atoms with E-state index in [-0.39, 0.29) is 11.3 Å². The Hall–Kier alpha value is -2.84. The Bertz CT molecular complexity index is 836. The number of halogens is 2. The molecule has 0 atom stereocenters. The summed E-state index contributed by atoms with van der Waals surface area (Å²) >= 11 is 11.6. The highest BCUT2D eigenvalue weighted by Crippen LogP contribution is 2.28. The molecule has 0 aliphatic carbocycles. The Morgan fingerprint density at radius 3 is 2.36 bits per heavy atom. The van der Waals surface area contributed by atoms with E-state index in [1.165, 1.54) is 18.2 Å². The molecule has 0 aromatic heterocycles. The Kier molecular flexibility index (Phi) is 5.79. The van der Waals surface area contributed by atoms with Gasteiger partial charge >= 0.3 is 11.7 Å². The summed E-state index contributed by atoms with van der Waals surface area (Å²) in [6.45, 7) is -0.575. The van der Waals surface area contributed by atoms with Gasteiger partial charge in [0.25, 0.3) is 5.91 Å². The molecule has 0 bridgehead atoms. The van der Waals surface area contributed by atoms with Crippen molar-refractivity contribution in [2.45, 2.75) is 0 Å². The number of carboxylic acid groups (broad SMARTS) is 1. The summed E-state index contributed by atoms with van der Waals surface area (Å²) < 4.78 is 5.10. The summed E-state index contributed by atoms with van der Waals surface area (Å²) in [5.41, 5.74) is -0.342. The first-order chi connectivity index (χ1) is 11.8. The van der Waals surface area contributed by atoms with Crippen molar-refractivity contribution in [3.8, 4) is 5.75 Å². The number of hydrogen-bond acceptors (Lipinski definition) is 5. The topological polar surface area (TPSA) is 119 Å². The fraction of sp³-hybridized carbons (Fsp3) is 0.0667. The maximum atomic E-state index is 11.9. The molecule has 2 N–H and O–H groups in total. The third-order valence-electron chi connectivity index (χ3n) is 2.91. The van der Waals surface area contributed by atoms with E-state index in [1.807, 2.05) is 0 Å². The van der Waals surface area contributed by atoms with Crippen LogP contribution < -0.4 is 10.1 Å². The minimum Gasteiger partial charge on any atom is -0.478 e. The second-order valence-corrected chi connectivity index (χ2v) is 5.61. The van der Waals surface area contributed by atoms with E-state index in [1.54, 1.807) is 0 Å². The Morgan fingerprint density at radius 1 is 1.16 bits per heavy atom. The summed E-state index contributed by atoms with van der Waals surface area (Å²) in [7, 11) is 0. The molecule has 0 fully saturated rings. The first kappa shape index (κ1) is 18.5. The summed E-state index contributed by atoms with van der Waals surface area (Å²) in [5.74, 6) is -2.24. The van der Waals surface area contributed by atoms with Crippen molar-refractivity contribution in [1.29, 1.82) is 0 Å². The third kappa shape index (κ3) is 5.07. The molecule has 0 radical (unpaired) electrons. The number of benzene rings is 2. The number of anilines is 1.